The van der Waals surface area contributed by atoms with Crippen LogP contribution in [-0.4, -0.2) is 47.2 Å². The normalized spacial score (nSPS) is 10.8. The molecule has 0 saturated carbocycles. The standard InChI is InChI=1S/C22H22N6O4/c1-27(12-13-31-2)16-8-6-15(7-9-16)24-22-25-20-19(10-11-23-20)21(26-22)32-18-5-3-4-17(14-18)28(29)30/h3-11,14H,12-13H2,1-2H3,(H2,23,24,25,26). The molecule has 0 saturated heterocycles. The number of fused-ring (bicyclic) bond motifs is 1. The van der Waals surface area contributed by atoms with Gasteiger partial charge in [-0.2, -0.15) is 9.97 Å². The Morgan fingerprint density at radius 2 is 1.97 bits per heavy atom. The van der Waals surface area contributed by atoms with E-state index in [-0.39, 0.29) is 11.6 Å². The molecule has 0 amide bonds. The van der Waals surface area contributed by atoms with Crippen LogP contribution in [0.3, 0.4) is 0 Å². The van der Waals surface area contributed by atoms with Crippen molar-refractivity contribution >= 4 is 34.0 Å². The Kier molecular flexibility index (Phi) is 6.13. The molecule has 0 atom stereocenters. The maximum absolute atomic E-state index is 11.1. The number of rotatable bonds is 9. The fraction of sp³-hybridized carbons (Fsp3) is 0.182. The van der Waals surface area contributed by atoms with E-state index in [9.17, 15) is 10.1 Å². The number of likely N-dealkylation sites (N-methyl/N-ethyl adjacent to an activating group) is 1. The van der Waals surface area contributed by atoms with Gasteiger partial charge in [0.2, 0.25) is 11.8 Å². The summed E-state index contributed by atoms with van der Waals surface area (Å²) in [5.74, 6) is 0.936. The lowest BCUT2D eigenvalue weighted by atomic mass is 10.2. The van der Waals surface area contributed by atoms with E-state index in [0.29, 0.717) is 29.3 Å². The number of aromatic amines is 1. The van der Waals surface area contributed by atoms with E-state index >= 15 is 0 Å². The Morgan fingerprint density at radius 3 is 2.72 bits per heavy atom. The van der Waals surface area contributed by atoms with E-state index in [1.807, 2.05) is 31.3 Å². The Labute approximate surface area is 184 Å². The Bertz CT molecular complexity index is 1220. The molecule has 2 aromatic carbocycles. The lowest BCUT2D eigenvalue weighted by molar-refractivity contribution is -0.384. The van der Waals surface area contributed by atoms with Crippen molar-refractivity contribution in [3.63, 3.8) is 0 Å². The number of nitrogens with one attached hydrogen (secondary N) is 2. The number of hydrogen-bond acceptors (Lipinski definition) is 8. The highest BCUT2D eigenvalue weighted by Gasteiger charge is 2.13. The van der Waals surface area contributed by atoms with Crippen LogP contribution in [-0.2, 0) is 4.74 Å². The molecule has 2 aromatic heterocycles. The second-order valence-electron chi connectivity index (χ2n) is 7.04. The summed E-state index contributed by atoms with van der Waals surface area (Å²) < 4.78 is 11.0. The summed E-state index contributed by atoms with van der Waals surface area (Å²) in [7, 11) is 3.68. The number of ether oxygens (including phenoxy) is 2. The zero-order chi connectivity index (χ0) is 22.5. The molecule has 0 spiro atoms. The first kappa shape index (κ1) is 21.1. The molecule has 0 unspecified atom stereocenters. The average Bonchev–Trinajstić information content (AvgIpc) is 3.27. The first-order valence-electron chi connectivity index (χ1n) is 9.88. The molecule has 4 aromatic rings. The predicted octanol–water partition coefficient (Wildman–Crippen LogP) is 4.48. The predicted molar refractivity (Wildman–Crippen MR) is 122 cm³/mol. The van der Waals surface area contributed by atoms with Gasteiger partial charge in [0.25, 0.3) is 5.69 Å². The Balaban J connectivity index is 1.57. The highest BCUT2D eigenvalue weighted by molar-refractivity contribution is 5.82. The van der Waals surface area contributed by atoms with Crippen LogP contribution in [0.25, 0.3) is 11.0 Å². The maximum Gasteiger partial charge on any atom is 0.273 e. The average molecular weight is 434 g/mol. The molecular formula is C22H22N6O4. The van der Waals surface area contributed by atoms with E-state index < -0.39 is 4.92 Å². The van der Waals surface area contributed by atoms with Crippen LogP contribution in [0.15, 0.2) is 60.8 Å². The number of non-ortho nitro benzene ring substituents is 1. The number of H-pyrrole nitrogens is 1. The van der Waals surface area contributed by atoms with Crippen LogP contribution < -0.4 is 15.0 Å². The molecule has 0 aliphatic heterocycles. The molecule has 0 radical (unpaired) electrons. The van der Waals surface area contributed by atoms with E-state index in [1.54, 1.807) is 31.5 Å². The molecule has 10 nitrogen and oxygen atoms in total. The zero-order valence-corrected chi connectivity index (χ0v) is 17.6. The zero-order valence-electron chi connectivity index (χ0n) is 17.6. The van der Waals surface area contributed by atoms with Gasteiger partial charge in [-0.1, -0.05) is 6.07 Å². The molecule has 0 bridgehead atoms. The second-order valence-corrected chi connectivity index (χ2v) is 7.04. The quantitative estimate of drug-likeness (QED) is 0.292. The van der Waals surface area contributed by atoms with Crippen LogP contribution in [0.2, 0.25) is 0 Å². The summed E-state index contributed by atoms with van der Waals surface area (Å²) in [4.78, 5) is 24.7. The minimum atomic E-state index is -0.470. The number of nitro benzene ring substituents is 1. The molecule has 10 heteroatoms. The van der Waals surface area contributed by atoms with Gasteiger partial charge in [-0.15, -0.1) is 0 Å². The number of benzene rings is 2. The number of nitrogens with zero attached hydrogens (tertiary/aromatic N) is 4. The van der Waals surface area contributed by atoms with Gasteiger partial charge in [0.1, 0.15) is 11.4 Å². The van der Waals surface area contributed by atoms with Crippen molar-refractivity contribution in [2.24, 2.45) is 0 Å². The molecular weight excluding hydrogens is 412 g/mol. The first-order chi connectivity index (χ1) is 15.5. The van der Waals surface area contributed by atoms with Gasteiger partial charge in [-0.25, -0.2) is 0 Å². The molecule has 0 fully saturated rings. The molecule has 2 N–H and O–H groups in total. The van der Waals surface area contributed by atoms with Gasteiger partial charge in [0.05, 0.1) is 23.0 Å². The van der Waals surface area contributed by atoms with E-state index in [2.05, 4.69) is 25.2 Å². The van der Waals surface area contributed by atoms with Crippen molar-refractivity contribution in [3.05, 3.63) is 70.9 Å². The summed E-state index contributed by atoms with van der Waals surface area (Å²) in [6.07, 6.45) is 1.73. The van der Waals surface area contributed by atoms with E-state index in [1.165, 1.54) is 12.1 Å². The van der Waals surface area contributed by atoms with Crippen LogP contribution in [0.1, 0.15) is 0 Å². The molecule has 0 aliphatic carbocycles. The van der Waals surface area contributed by atoms with Crippen molar-refractivity contribution in [3.8, 4) is 11.6 Å². The first-order valence-corrected chi connectivity index (χ1v) is 9.88. The van der Waals surface area contributed by atoms with Crippen molar-refractivity contribution in [1.82, 2.24) is 15.0 Å². The van der Waals surface area contributed by atoms with E-state index in [0.717, 1.165) is 17.9 Å². The van der Waals surface area contributed by atoms with Gasteiger partial charge in [0.15, 0.2) is 0 Å². The van der Waals surface area contributed by atoms with Gasteiger partial charge in [-0.3, -0.25) is 10.1 Å². The van der Waals surface area contributed by atoms with Gasteiger partial charge in [0, 0.05) is 44.3 Å². The number of hydrogen-bond donors (Lipinski definition) is 2. The third kappa shape index (κ3) is 4.76. The van der Waals surface area contributed by atoms with Gasteiger partial charge in [-0.05, 0) is 36.4 Å². The second kappa shape index (κ2) is 9.31. The fourth-order valence-corrected chi connectivity index (χ4v) is 3.10. The summed E-state index contributed by atoms with van der Waals surface area (Å²) in [6.45, 7) is 1.43. The molecule has 4 rings (SSSR count). The molecule has 32 heavy (non-hydrogen) atoms. The lowest BCUT2D eigenvalue weighted by Crippen LogP contribution is -2.21. The van der Waals surface area contributed by atoms with Crippen molar-refractivity contribution in [2.45, 2.75) is 0 Å². The van der Waals surface area contributed by atoms with Crippen molar-refractivity contribution in [1.29, 1.82) is 0 Å². The summed E-state index contributed by atoms with van der Waals surface area (Å²) in [6, 6.07) is 15.6. The molecule has 164 valence electrons. The van der Waals surface area contributed by atoms with Gasteiger partial charge < -0.3 is 24.7 Å². The number of nitro groups is 1. The third-order valence-electron chi connectivity index (χ3n) is 4.82. The van der Waals surface area contributed by atoms with Crippen LogP contribution >= 0.6 is 0 Å². The summed E-state index contributed by atoms with van der Waals surface area (Å²) in [5, 5.41) is 14.9. The van der Waals surface area contributed by atoms with Crippen LogP contribution in [0.5, 0.6) is 11.6 Å². The largest absolute Gasteiger partial charge is 0.438 e. The summed E-state index contributed by atoms with van der Waals surface area (Å²) >= 11 is 0. The number of anilines is 3. The number of methoxy groups -OCH3 is 1. The maximum atomic E-state index is 11.1. The SMILES string of the molecule is COCCN(C)c1ccc(Nc2nc(Oc3cccc([N+](=O)[O-])c3)c3cc[nH]c3n2)cc1. The fourth-order valence-electron chi connectivity index (χ4n) is 3.10. The highest BCUT2D eigenvalue weighted by Crippen LogP contribution is 2.30. The van der Waals surface area contributed by atoms with Crippen LogP contribution in [0, 0.1) is 10.1 Å². The summed E-state index contributed by atoms with van der Waals surface area (Å²) in [5.41, 5.74) is 2.39. The van der Waals surface area contributed by atoms with Crippen molar-refractivity contribution in [2.75, 3.05) is 37.5 Å². The Hall–Kier alpha value is -4.18. The topological polar surface area (TPSA) is 118 Å². The minimum absolute atomic E-state index is 0.0595. The van der Waals surface area contributed by atoms with Gasteiger partial charge >= 0.3 is 0 Å². The van der Waals surface area contributed by atoms with Crippen molar-refractivity contribution < 1.29 is 14.4 Å². The highest BCUT2D eigenvalue weighted by atomic mass is 16.6. The Morgan fingerprint density at radius 1 is 1.16 bits per heavy atom. The third-order valence-corrected chi connectivity index (χ3v) is 4.82. The monoisotopic (exact) mass is 434 g/mol. The molecule has 0 aliphatic rings. The van der Waals surface area contributed by atoms with E-state index in [4.69, 9.17) is 9.47 Å². The van der Waals surface area contributed by atoms with Crippen LogP contribution in [0.4, 0.5) is 23.0 Å². The lowest BCUT2D eigenvalue weighted by Gasteiger charge is -2.19. The molecule has 2 heterocycles. The minimum Gasteiger partial charge on any atom is -0.438 e. The smallest absolute Gasteiger partial charge is 0.273 e. The number of aromatic nitrogens is 3.